The van der Waals surface area contributed by atoms with Crippen LogP contribution in [0.1, 0.15) is 62.6 Å². The van der Waals surface area contributed by atoms with Gasteiger partial charge in [-0.3, -0.25) is 19.2 Å². The number of carbonyl (C=O) groups is 4. The summed E-state index contributed by atoms with van der Waals surface area (Å²) in [4.78, 5) is 71.7. The Morgan fingerprint density at radius 3 is 1.90 bits per heavy atom. The number of aromatic amines is 2. The Hall–Kier alpha value is -5.27. The summed E-state index contributed by atoms with van der Waals surface area (Å²) in [5, 5.41) is 11.5. The van der Waals surface area contributed by atoms with Gasteiger partial charge in [-0.05, 0) is 67.0 Å². The predicted octanol–water partition coefficient (Wildman–Crippen LogP) is 2.30. The lowest BCUT2D eigenvalue weighted by Crippen LogP contribution is -2.58. The molecule has 278 valence electrons. The molecule has 4 aromatic rings. The van der Waals surface area contributed by atoms with Gasteiger partial charge in [-0.1, -0.05) is 93.4 Å². The molecule has 0 aliphatic rings. The highest BCUT2D eigenvalue weighted by molar-refractivity contribution is 5.95. The van der Waals surface area contributed by atoms with E-state index in [2.05, 4.69) is 31.2 Å². The van der Waals surface area contributed by atoms with Crippen LogP contribution in [0.3, 0.4) is 0 Å². The number of nitrogens with two attached hydrogens (primary N) is 2. The number of rotatable bonds is 20. The predicted molar refractivity (Wildman–Crippen MR) is 202 cm³/mol. The van der Waals surface area contributed by atoms with Gasteiger partial charge in [0.2, 0.25) is 23.6 Å². The van der Waals surface area contributed by atoms with Crippen LogP contribution in [-0.4, -0.2) is 64.3 Å². The van der Waals surface area contributed by atoms with Gasteiger partial charge in [0.25, 0.3) is 0 Å². The quantitative estimate of drug-likeness (QED) is 0.0639. The first-order valence-electron chi connectivity index (χ1n) is 18.0. The topological polar surface area (TPSA) is 217 Å². The van der Waals surface area contributed by atoms with Gasteiger partial charge in [-0.15, -0.1) is 0 Å². The van der Waals surface area contributed by atoms with E-state index in [1.807, 2.05) is 74.5 Å². The maximum atomic E-state index is 13.9. The van der Waals surface area contributed by atoms with Gasteiger partial charge in [-0.2, -0.15) is 0 Å². The third-order valence-corrected chi connectivity index (χ3v) is 8.77. The van der Waals surface area contributed by atoms with Crippen molar-refractivity contribution in [1.29, 1.82) is 0 Å². The molecule has 3 aromatic carbocycles. The molecule has 1 heterocycles. The minimum absolute atomic E-state index is 0.0177. The van der Waals surface area contributed by atoms with Crippen LogP contribution >= 0.6 is 0 Å². The fourth-order valence-electron chi connectivity index (χ4n) is 5.99. The van der Waals surface area contributed by atoms with Crippen LogP contribution in [0.25, 0.3) is 11.0 Å². The Bertz CT molecular complexity index is 1810. The molecule has 0 unspecified atom stereocenters. The van der Waals surface area contributed by atoms with Crippen LogP contribution in [0.4, 0.5) is 0 Å². The summed E-state index contributed by atoms with van der Waals surface area (Å²) in [5.74, 6) is -1.88. The molecule has 13 nitrogen and oxygen atoms in total. The molecular weight excluding hydrogens is 660 g/mol. The molecule has 13 heteroatoms. The maximum Gasteiger partial charge on any atom is 0.323 e. The summed E-state index contributed by atoms with van der Waals surface area (Å²) in [6.45, 7) is 4.57. The summed E-state index contributed by atoms with van der Waals surface area (Å²) >= 11 is 0. The van der Waals surface area contributed by atoms with E-state index in [-0.39, 0.29) is 30.5 Å². The van der Waals surface area contributed by atoms with Gasteiger partial charge in [0, 0.05) is 13.0 Å². The highest BCUT2D eigenvalue weighted by Crippen LogP contribution is 2.13. The second kappa shape index (κ2) is 19.9. The van der Waals surface area contributed by atoms with E-state index in [9.17, 15) is 24.0 Å². The number of H-pyrrole nitrogens is 2. The van der Waals surface area contributed by atoms with Gasteiger partial charge in [0.15, 0.2) is 0 Å². The van der Waals surface area contributed by atoms with Crippen molar-refractivity contribution in [2.75, 3.05) is 6.54 Å². The zero-order valence-electron chi connectivity index (χ0n) is 30.0. The molecule has 4 atom stereocenters. The fourth-order valence-corrected chi connectivity index (χ4v) is 5.99. The number of aromatic nitrogens is 2. The van der Waals surface area contributed by atoms with Crippen LogP contribution in [0.5, 0.6) is 0 Å². The second-order valence-corrected chi connectivity index (χ2v) is 13.6. The Morgan fingerprint density at radius 2 is 1.25 bits per heavy atom. The third kappa shape index (κ3) is 12.5. The number of unbranched alkanes of at least 4 members (excludes halogenated alkanes) is 2. The molecule has 0 bridgehead atoms. The average Bonchev–Trinajstić information content (AvgIpc) is 3.51. The van der Waals surface area contributed by atoms with E-state index in [0.717, 1.165) is 29.5 Å². The zero-order chi connectivity index (χ0) is 37.5. The van der Waals surface area contributed by atoms with Crippen molar-refractivity contribution in [3.8, 4) is 0 Å². The summed E-state index contributed by atoms with van der Waals surface area (Å²) in [5.41, 5.74) is 15.4. The largest absolute Gasteiger partial charge is 0.350 e. The van der Waals surface area contributed by atoms with E-state index in [1.165, 1.54) is 0 Å². The number of nitrogens with one attached hydrogen (secondary N) is 6. The summed E-state index contributed by atoms with van der Waals surface area (Å²) in [6, 6.07) is 20.2. The minimum Gasteiger partial charge on any atom is -0.350 e. The number of benzene rings is 3. The first-order valence-corrected chi connectivity index (χ1v) is 18.0. The Kier molecular flexibility index (Phi) is 15.2. The van der Waals surface area contributed by atoms with Crippen LogP contribution in [-0.2, 0) is 38.6 Å². The SMILES string of the molecule is CC(C)C[C@@H](NC(=O)[C@@H](Cc1ccccc1)NC(=O)[C@H](N)Cc1ccccc1)C(=O)N[C@H](CCCCCN)C(=O)NCc1ccc2[nH]c(=O)[nH]c2c1. The van der Waals surface area contributed by atoms with Crippen LogP contribution < -0.4 is 38.4 Å². The molecular formula is C39H52N8O5. The molecule has 0 saturated heterocycles. The van der Waals surface area contributed by atoms with Gasteiger partial charge >= 0.3 is 5.69 Å². The lowest BCUT2D eigenvalue weighted by atomic mass is 9.99. The highest BCUT2D eigenvalue weighted by Gasteiger charge is 2.31. The summed E-state index contributed by atoms with van der Waals surface area (Å²) in [7, 11) is 0. The number of carbonyl (C=O) groups excluding carboxylic acids is 4. The lowest BCUT2D eigenvalue weighted by Gasteiger charge is -2.27. The molecule has 1 aromatic heterocycles. The Balaban J connectivity index is 1.47. The molecule has 0 fully saturated rings. The smallest absolute Gasteiger partial charge is 0.323 e. The monoisotopic (exact) mass is 712 g/mol. The third-order valence-electron chi connectivity index (χ3n) is 8.77. The van der Waals surface area contributed by atoms with Gasteiger partial charge in [-0.25, -0.2) is 4.79 Å². The zero-order valence-corrected chi connectivity index (χ0v) is 30.0. The Morgan fingerprint density at radius 1 is 0.654 bits per heavy atom. The van der Waals surface area contributed by atoms with E-state index < -0.39 is 41.9 Å². The van der Waals surface area contributed by atoms with E-state index >= 15 is 0 Å². The van der Waals surface area contributed by atoms with Crippen molar-refractivity contribution in [3.63, 3.8) is 0 Å². The van der Waals surface area contributed by atoms with Gasteiger partial charge < -0.3 is 42.7 Å². The van der Waals surface area contributed by atoms with Crippen molar-refractivity contribution in [1.82, 2.24) is 31.2 Å². The van der Waals surface area contributed by atoms with Crippen molar-refractivity contribution in [2.45, 2.75) is 89.5 Å². The second-order valence-electron chi connectivity index (χ2n) is 13.6. The van der Waals surface area contributed by atoms with Crippen molar-refractivity contribution in [3.05, 3.63) is 106 Å². The van der Waals surface area contributed by atoms with Crippen molar-refractivity contribution < 1.29 is 19.2 Å². The average molecular weight is 713 g/mol. The van der Waals surface area contributed by atoms with Gasteiger partial charge in [0.1, 0.15) is 18.1 Å². The molecule has 0 aliphatic carbocycles. The summed E-state index contributed by atoms with van der Waals surface area (Å²) < 4.78 is 0. The molecule has 0 radical (unpaired) electrons. The van der Waals surface area contributed by atoms with Crippen LogP contribution in [0.15, 0.2) is 83.7 Å². The minimum atomic E-state index is -1.01. The summed E-state index contributed by atoms with van der Waals surface area (Å²) in [6.07, 6.45) is 3.37. The number of fused-ring (bicyclic) bond motifs is 1. The van der Waals surface area contributed by atoms with E-state index in [1.54, 1.807) is 18.2 Å². The molecule has 0 saturated carbocycles. The van der Waals surface area contributed by atoms with Crippen molar-refractivity contribution >= 4 is 34.7 Å². The highest BCUT2D eigenvalue weighted by atomic mass is 16.2. The molecule has 4 rings (SSSR count). The molecule has 52 heavy (non-hydrogen) atoms. The number of hydrogen-bond acceptors (Lipinski definition) is 7. The number of imidazole rings is 1. The molecule has 10 N–H and O–H groups in total. The Labute approximate surface area is 304 Å². The van der Waals surface area contributed by atoms with E-state index in [0.29, 0.717) is 43.3 Å². The number of amides is 4. The van der Waals surface area contributed by atoms with Crippen LogP contribution in [0.2, 0.25) is 0 Å². The molecule has 0 spiro atoms. The lowest BCUT2D eigenvalue weighted by molar-refractivity contribution is -0.134. The van der Waals surface area contributed by atoms with E-state index in [4.69, 9.17) is 11.5 Å². The first-order chi connectivity index (χ1) is 25.0. The first kappa shape index (κ1) is 39.5. The molecule has 4 amide bonds. The van der Waals surface area contributed by atoms with Gasteiger partial charge in [0.05, 0.1) is 17.1 Å². The maximum absolute atomic E-state index is 13.9. The van der Waals surface area contributed by atoms with Crippen molar-refractivity contribution in [2.24, 2.45) is 17.4 Å². The number of hydrogen-bond donors (Lipinski definition) is 8. The fraction of sp³-hybridized carbons (Fsp3) is 0.410. The van der Waals surface area contributed by atoms with Crippen LogP contribution in [0, 0.1) is 5.92 Å². The molecule has 0 aliphatic heterocycles. The normalized spacial score (nSPS) is 13.6. The standard InChI is InChI=1S/C39H52N8O5/c1-25(2)20-33(45-38(51)34(22-27-14-8-4-9-15-27)44-35(48)29(41)21-26-12-6-3-7-13-26)37(50)43-31(16-10-5-11-19-40)36(49)42-24-28-17-18-30-32(23-28)47-39(52)46-30/h3-4,6-9,12-15,17-18,23,25,29,31,33-34H,5,10-11,16,19-22,24,40-41H2,1-2H3,(H,42,49)(H,43,50)(H,44,48)(H,45,51)(H2,46,47,52)/t29-,31-,33-,34-/m1/s1.